The predicted molar refractivity (Wildman–Crippen MR) is 132 cm³/mol. The van der Waals surface area contributed by atoms with Gasteiger partial charge in [-0.15, -0.1) is 11.8 Å². The van der Waals surface area contributed by atoms with Gasteiger partial charge < -0.3 is 10.4 Å². The van der Waals surface area contributed by atoms with Gasteiger partial charge in [-0.2, -0.15) is 18.3 Å². The van der Waals surface area contributed by atoms with E-state index >= 15 is 0 Å². The van der Waals surface area contributed by atoms with E-state index in [-0.39, 0.29) is 17.9 Å². The zero-order valence-electron chi connectivity index (χ0n) is 19.7. The summed E-state index contributed by atoms with van der Waals surface area (Å²) in [5.41, 5.74) is 2.38. The molecule has 0 saturated heterocycles. The van der Waals surface area contributed by atoms with Crippen molar-refractivity contribution in [2.24, 2.45) is 11.8 Å². The Balaban J connectivity index is 1.23. The van der Waals surface area contributed by atoms with E-state index in [1.165, 1.54) is 0 Å². The summed E-state index contributed by atoms with van der Waals surface area (Å²) >= 11 is 1.78. The number of thioether (sulfide) groups is 1. The van der Waals surface area contributed by atoms with Gasteiger partial charge in [0, 0.05) is 35.5 Å². The van der Waals surface area contributed by atoms with Crippen LogP contribution in [0.2, 0.25) is 0 Å². The Morgan fingerprint density at radius 1 is 1.08 bits per heavy atom. The van der Waals surface area contributed by atoms with Crippen molar-refractivity contribution in [3.8, 4) is 11.3 Å². The van der Waals surface area contributed by atoms with Crippen molar-refractivity contribution in [1.82, 2.24) is 15.2 Å². The van der Waals surface area contributed by atoms with Crippen LogP contribution in [0.25, 0.3) is 11.3 Å². The molecule has 0 radical (unpaired) electrons. The van der Waals surface area contributed by atoms with Gasteiger partial charge in [0.2, 0.25) is 0 Å². The summed E-state index contributed by atoms with van der Waals surface area (Å²) < 4.78 is 38.0. The van der Waals surface area contributed by atoms with E-state index in [1.54, 1.807) is 23.9 Å². The molecule has 3 N–H and O–H groups in total. The second-order valence-electron chi connectivity index (χ2n) is 9.57. The van der Waals surface area contributed by atoms with E-state index in [0.29, 0.717) is 17.5 Å². The van der Waals surface area contributed by atoms with Gasteiger partial charge in [0.15, 0.2) is 0 Å². The summed E-state index contributed by atoms with van der Waals surface area (Å²) in [6.07, 6.45) is 0.556. The fraction of sp³-hybridized carbons (Fsp3) is 0.385. The number of nitrogens with zero attached hydrogens (tertiary/aromatic N) is 2. The molecule has 11 heteroatoms. The molecule has 0 bridgehead atoms. The van der Waals surface area contributed by atoms with Crippen LogP contribution in [-0.4, -0.2) is 37.9 Å². The molecule has 1 aliphatic carbocycles. The Hall–Kier alpha value is -3.34. The first-order chi connectivity index (χ1) is 17.7. The molecule has 0 spiro atoms. The number of aliphatic carboxylic acids is 1. The highest BCUT2D eigenvalue weighted by atomic mass is 32.2. The second kappa shape index (κ2) is 10.2. The number of aromatic amines is 1. The third kappa shape index (κ3) is 5.51. The number of carbonyl (C=O) groups excluding carboxylic acids is 1. The van der Waals surface area contributed by atoms with Crippen LogP contribution in [0.15, 0.2) is 47.5 Å². The van der Waals surface area contributed by atoms with Crippen molar-refractivity contribution in [3.63, 3.8) is 0 Å². The minimum Gasteiger partial charge on any atom is -0.481 e. The van der Waals surface area contributed by atoms with E-state index in [2.05, 4.69) is 20.5 Å². The average Bonchev–Trinajstić information content (AvgIpc) is 3.47. The molecule has 5 rings (SSSR count). The smallest absolute Gasteiger partial charge is 0.433 e. The number of amides is 1. The zero-order chi connectivity index (χ0) is 26.2. The maximum absolute atomic E-state index is 12.7. The van der Waals surface area contributed by atoms with Crippen LogP contribution in [-0.2, 0) is 11.0 Å². The van der Waals surface area contributed by atoms with Gasteiger partial charge in [-0.05, 0) is 61.8 Å². The summed E-state index contributed by atoms with van der Waals surface area (Å²) in [7, 11) is 0. The number of carbonyl (C=O) groups is 2. The number of pyridine rings is 1. The monoisotopic (exact) mass is 530 g/mol. The van der Waals surface area contributed by atoms with Crippen LogP contribution in [0.4, 0.5) is 18.9 Å². The lowest BCUT2D eigenvalue weighted by atomic mass is 9.74. The minimum absolute atomic E-state index is 0.0293. The fourth-order valence-electron chi connectivity index (χ4n) is 5.22. The molecule has 37 heavy (non-hydrogen) atoms. The van der Waals surface area contributed by atoms with Gasteiger partial charge in [-0.25, -0.2) is 0 Å². The number of anilines is 1. The Morgan fingerprint density at radius 2 is 1.81 bits per heavy atom. The highest BCUT2D eigenvalue weighted by Crippen LogP contribution is 2.50. The third-order valence-corrected chi connectivity index (χ3v) is 8.41. The van der Waals surface area contributed by atoms with Crippen molar-refractivity contribution in [3.05, 3.63) is 59.5 Å². The first-order valence-corrected chi connectivity index (χ1v) is 13.1. The lowest BCUT2D eigenvalue weighted by Crippen LogP contribution is -2.22. The summed E-state index contributed by atoms with van der Waals surface area (Å²) in [4.78, 5) is 27.9. The number of alkyl halides is 3. The quantitative estimate of drug-likeness (QED) is 0.350. The average molecular weight is 531 g/mol. The van der Waals surface area contributed by atoms with Crippen molar-refractivity contribution < 1.29 is 27.9 Å². The first-order valence-electron chi connectivity index (χ1n) is 12.1. The molecule has 3 heterocycles. The normalized spacial score (nSPS) is 21.4. The number of fused-ring (bicyclic) bond motifs is 1. The van der Waals surface area contributed by atoms with E-state index in [4.69, 9.17) is 5.11 Å². The molecule has 3 aromatic rings. The Labute approximate surface area is 215 Å². The summed E-state index contributed by atoms with van der Waals surface area (Å²) in [5.74, 6) is 0.871. The molecule has 1 aromatic carbocycles. The van der Waals surface area contributed by atoms with Crippen LogP contribution in [0.5, 0.6) is 0 Å². The largest absolute Gasteiger partial charge is 0.481 e. The molecule has 194 valence electrons. The molecule has 1 fully saturated rings. The van der Waals surface area contributed by atoms with Crippen molar-refractivity contribution in [1.29, 1.82) is 0 Å². The third-order valence-electron chi connectivity index (χ3n) is 7.18. The van der Waals surface area contributed by atoms with E-state index < -0.39 is 23.7 Å². The van der Waals surface area contributed by atoms with Crippen LogP contribution in [0.1, 0.15) is 59.8 Å². The maximum Gasteiger partial charge on any atom is 0.433 e. The first kappa shape index (κ1) is 25.3. The molecule has 2 aliphatic rings. The summed E-state index contributed by atoms with van der Waals surface area (Å²) in [5, 5.41) is 19.5. The number of hydrogen-bond acceptors (Lipinski definition) is 5. The van der Waals surface area contributed by atoms with Crippen molar-refractivity contribution in [2.75, 3.05) is 11.1 Å². The van der Waals surface area contributed by atoms with Crippen LogP contribution >= 0.6 is 11.8 Å². The lowest BCUT2D eigenvalue weighted by molar-refractivity contribution is -0.141. The van der Waals surface area contributed by atoms with Gasteiger partial charge in [0.05, 0.1) is 16.2 Å². The topological polar surface area (TPSA) is 108 Å². The summed E-state index contributed by atoms with van der Waals surface area (Å²) in [6.45, 7) is 0. The molecule has 1 amide bonds. The molecular weight excluding hydrogens is 505 g/mol. The highest BCUT2D eigenvalue weighted by Gasteiger charge is 2.37. The van der Waals surface area contributed by atoms with Gasteiger partial charge in [-0.1, -0.05) is 12.1 Å². The van der Waals surface area contributed by atoms with Crippen LogP contribution in [0, 0.1) is 11.8 Å². The van der Waals surface area contributed by atoms with E-state index in [9.17, 15) is 22.8 Å². The number of carboxylic acid groups (broad SMARTS) is 1. The Kier molecular flexibility index (Phi) is 6.98. The number of nitrogens with one attached hydrogen (secondary N) is 2. The second-order valence-corrected chi connectivity index (χ2v) is 10.6. The van der Waals surface area contributed by atoms with Crippen molar-refractivity contribution in [2.45, 2.75) is 49.1 Å². The number of carboxylic acids is 1. The summed E-state index contributed by atoms with van der Waals surface area (Å²) in [6, 6.07) is 9.03. The predicted octanol–water partition coefficient (Wildman–Crippen LogP) is 6.21. The molecule has 1 aliphatic heterocycles. The fourth-order valence-corrected chi connectivity index (χ4v) is 6.66. The van der Waals surface area contributed by atoms with Crippen LogP contribution < -0.4 is 5.32 Å². The number of hydrogen-bond donors (Lipinski definition) is 3. The Morgan fingerprint density at radius 3 is 2.43 bits per heavy atom. The maximum atomic E-state index is 12.7. The molecule has 2 aromatic heterocycles. The number of aromatic nitrogens is 3. The van der Waals surface area contributed by atoms with E-state index in [0.717, 1.165) is 71.6 Å². The number of H-pyrrole nitrogens is 1. The molecule has 1 atom stereocenters. The van der Waals surface area contributed by atoms with Gasteiger partial charge >= 0.3 is 12.1 Å². The SMILES string of the molecule is O=C(O)CC1CCC(C2CSc3c(-c4ccc(NC(=O)c5ccc(C(F)(F)F)nc5)cc4)n[nH]c32)CC1. The minimum atomic E-state index is -4.56. The van der Waals surface area contributed by atoms with E-state index in [1.807, 2.05) is 12.1 Å². The molecule has 1 saturated carbocycles. The molecule has 7 nitrogen and oxygen atoms in total. The standard InChI is InChI=1S/C26H25F3N4O3S/c27-26(28,29)20-10-7-17(12-30-20)25(36)31-18-8-5-16(6-9-18)22-24-23(33-32-22)19(13-37-24)15-3-1-14(2-4-15)11-21(34)35/h5-10,12,14-15,19H,1-4,11,13H2,(H,31,36)(H,32,33)(H,34,35). The van der Waals surface area contributed by atoms with Gasteiger partial charge in [0.25, 0.3) is 5.91 Å². The zero-order valence-corrected chi connectivity index (χ0v) is 20.5. The lowest BCUT2D eigenvalue weighted by Gasteiger charge is -2.31. The number of benzene rings is 1. The van der Waals surface area contributed by atoms with Gasteiger partial charge in [-0.3, -0.25) is 19.7 Å². The Bertz CT molecular complexity index is 1280. The number of rotatable bonds is 6. The number of halogens is 3. The van der Waals surface area contributed by atoms with Gasteiger partial charge in [0.1, 0.15) is 11.4 Å². The van der Waals surface area contributed by atoms with Crippen molar-refractivity contribution >= 4 is 29.3 Å². The van der Waals surface area contributed by atoms with Crippen LogP contribution in [0.3, 0.4) is 0 Å². The molecular formula is C26H25F3N4O3S. The molecule has 1 unspecified atom stereocenters. The highest BCUT2D eigenvalue weighted by molar-refractivity contribution is 7.99.